The van der Waals surface area contributed by atoms with Gasteiger partial charge in [0.25, 0.3) is 0 Å². The van der Waals surface area contributed by atoms with Gasteiger partial charge in [0.15, 0.2) is 0 Å². The molecule has 1 aliphatic carbocycles. The highest BCUT2D eigenvalue weighted by atomic mass is 16.3. The molecule has 1 aliphatic rings. The molecule has 0 radical (unpaired) electrons. The molecule has 2 nitrogen and oxygen atoms in total. The molecule has 1 N–H and O–H groups in total. The van der Waals surface area contributed by atoms with Crippen molar-refractivity contribution in [2.45, 2.75) is 18.9 Å². The van der Waals surface area contributed by atoms with E-state index >= 15 is 0 Å². The summed E-state index contributed by atoms with van der Waals surface area (Å²) in [5.74, 6) is 0. The minimum Gasteiger partial charge on any atom is -0.380 e. The molecule has 0 bridgehead atoms. The lowest BCUT2D eigenvalue weighted by molar-refractivity contribution is 0.0992. The van der Waals surface area contributed by atoms with Crippen LogP contribution in [-0.2, 0) is 5.60 Å². The SMILES string of the molecule is CCC1(O)C(c2ccccc2)=C(C#N)c2ccccc21. The fourth-order valence-electron chi connectivity index (χ4n) is 3.01. The van der Waals surface area contributed by atoms with Gasteiger partial charge < -0.3 is 5.11 Å². The predicted octanol–water partition coefficient (Wildman–Crippen LogP) is 3.73. The Morgan fingerprint density at radius 2 is 1.70 bits per heavy atom. The zero-order valence-electron chi connectivity index (χ0n) is 11.3. The van der Waals surface area contributed by atoms with Crippen LogP contribution in [0.25, 0.3) is 11.1 Å². The number of aliphatic hydroxyl groups is 1. The van der Waals surface area contributed by atoms with Crippen molar-refractivity contribution in [3.05, 3.63) is 71.3 Å². The first-order chi connectivity index (χ1) is 9.72. The van der Waals surface area contributed by atoms with Crippen LogP contribution in [-0.4, -0.2) is 5.11 Å². The van der Waals surface area contributed by atoms with Gasteiger partial charge in [0.2, 0.25) is 0 Å². The maximum Gasteiger partial charge on any atom is 0.117 e. The molecular formula is C18H15NO. The first-order valence-corrected chi connectivity index (χ1v) is 6.75. The quantitative estimate of drug-likeness (QED) is 0.895. The van der Waals surface area contributed by atoms with E-state index in [1.54, 1.807) is 0 Å². The molecule has 0 heterocycles. The number of nitriles is 1. The van der Waals surface area contributed by atoms with Gasteiger partial charge in [-0.25, -0.2) is 0 Å². The van der Waals surface area contributed by atoms with E-state index in [2.05, 4.69) is 6.07 Å². The lowest BCUT2D eigenvalue weighted by atomic mass is 9.84. The highest BCUT2D eigenvalue weighted by Gasteiger charge is 2.42. The van der Waals surface area contributed by atoms with E-state index in [4.69, 9.17) is 0 Å². The van der Waals surface area contributed by atoms with Crippen LogP contribution in [0, 0.1) is 11.3 Å². The maximum absolute atomic E-state index is 11.2. The number of hydrogen-bond donors (Lipinski definition) is 1. The van der Waals surface area contributed by atoms with Crippen molar-refractivity contribution < 1.29 is 5.11 Å². The van der Waals surface area contributed by atoms with Crippen molar-refractivity contribution >= 4 is 11.1 Å². The number of nitrogens with zero attached hydrogens (tertiary/aromatic N) is 1. The number of hydrogen-bond acceptors (Lipinski definition) is 2. The number of rotatable bonds is 2. The predicted molar refractivity (Wildman–Crippen MR) is 79.5 cm³/mol. The van der Waals surface area contributed by atoms with Gasteiger partial charge in [0.1, 0.15) is 11.7 Å². The fourth-order valence-corrected chi connectivity index (χ4v) is 3.01. The van der Waals surface area contributed by atoms with Crippen LogP contribution >= 0.6 is 0 Å². The second-order valence-electron chi connectivity index (χ2n) is 4.99. The van der Waals surface area contributed by atoms with Crippen molar-refractivity contribution in [2.24, 2.45) is 0 Å². The molecule has 0 spiro atoms. The minimum absolute atomic E-state index is 0.541. The van der Waals surface area contributed by atoms with Gasteiger partial charge in [-0.1, -0.05) is 61.5 Å². The van der Waals surface area contributed by atoms with Gasteiger partial charge in [-0.05, 0) is 23.1 Å². The van der Waals surface area contributed by atoms with Crippen LogP contribution in [0.3, 0.4) is 0 Å². The Labute approximate surface area is 118 Å². The number of benzene rings is 2. The Morgan fingerprint density at radius 1 is 1.05 bits per heavy atom. The summed E-state index contributed by atoms with van der Waals surface area (Å²) >= 11 is 0. The molecule has 2 aromatic rings. The molecule has 0 amide bonds. The molecular weight excluding hydrogens is 246 g/mol. The van der Waals surface area contributed by atoms with Gasteiger partial charge in [-0.2, -0.15) is 5.26 Å². The van der Waals surface area contributed by atoms with Gasteiger partial charge in [0.05, 0.1) is 5.57 Å². The molecule has 2 aromatic carbocycles. The Morgan fingerprint density at radius 3 is 2.35 bits per heavy atom. The van der Waals surface area contributed by atoms with Crippen molar-refractivity contribution in [1.29, 1.82) is 5.26 Å². The first kappa shape index (κ1) is 12.7. The van der Waals surface area contributed by atoms with Crippen molar-refractivity contribution in [2.75, 3.05) is 0 Å². The molecule has 1 unspecified atom stereocenters. The highest BCUT2D eigenvalue weighted by molar-refractivity contribution is 6.05. The average Bonchev–Trinajstić information content (AvgIpc) is 2.78. The largest absolute Gasteiger partial charge is 0.380 e. The summed E-state index contributed by atoms with van der Waals surface area (Å²) in [6.45, 7) is 1.94. The van der Waals surface area contributed by atoms with E-state index in [-0.39, 0.29) is 0 Å². The summed E-state index contributed by atoms with van der Waals surface area (Å²) in [5, 5.41) is 20.7. The molecule has 98 valence electrons. The molecule has 0 aromatic heterocycles. The van der Waals surface area contributed by atoms with Gasteiger partial charge in [-0.15, -0.1) is 0 Å². The van der Waals surface area contributed by atoms with E-state index < -0.39 is 5.60 Å². The molecule has 0 aliphatic heterocycles. The van der Waals surface area contributed by atoms with Crippen molar-refractivity contribution in [3.63, 3.8) is 0 Å². The van der Waals surface area contributed by atoms with E-state index in [1.165, 1.54) is 0 Å². The molecule has 0 saturated carbocycles. The van der Waals surface area contributed by atoms with E-state index in [0.29, 0.717) is 12.0 Å². The van der Waals surface area contributed by atoms with Crippen LogP contribution in [0.4, 0.5) is 0 Å². The zero-order chi connectivity index (χ0) is 14.2. The van der Waals surface area contributed by atoms with E-state index in [9.17, 15) is 10.4 Å². The summed E-state index contributed by atoms with van der Waals surface area (Å²) in [7, 11) is 0. The summed E-state index contributed by atoms with van der Waals surface area (Å²) in [6, 6.07) is 19.6. The lowest BCUT2D eigenvalue weighted by Gasteiger charge is -2.27. The minimum atomic E-state index is -1.08. The standard InChI is InChI=1S/C18H15NO/c1-2-18(20)16-11-7-6-10-14(16)15(12-19)17(18)13-8-4-3-5-9-13/h3-11,20H,2H2,1H3. The molecule has 0 saturated heterocycles. The monoisotopic (exact) mass is 261 g/mol. The Balaban J connectivity index is 2.34. The summed E-state index contributed by atoms with van der Waals surface area (Å²) in [4.78, 5) is 0. The van der Waals surface area contributed by atoms with E-state index in [1.807, 2.05) is 61.5 Å². The second kappa shape index (κ2) is 4.63. The second-order valence-corrected chi connectivity index (χ2v) is 4.99. The van der Waals surface area contributed by atoms with E-state index in [0.717, 1.165) is 22.3 Å². The Bertz CT molecular complexity index is 725. The van der Waals surface area contributed by atoms with Gasteiger partial charge >= 0.3 is 0 Å². The summed E-state index contributed by atoms with van der Waals surface area (Å²) < 4.78 is 0. The summed E-state index contributed by atoms with van der Waals surface area (Å²) in [5.41, 5.74) is 2.81. The highest BCUT2D eigenvalue weighted by Crippen LogP contribution is 2.50. The Kier molecular flexibility index (Phi) is 2.93. The third-order valence-corrected chi connectivity index (χ3v) is 3.99. The third-order valence-electron chi connectivity index (χ3n) is 3.99. The smallest absolute Gasteiger partial charge is 0.117 e. The Hall–Kier alpha value is -2.37. The average molecular weight is 261 g/mol. The van der Waals surface area contributed by atoms with Crippen molar-refractivity contribution in [3.8, 4) is 6.07 Å². The molecule has 1 atom stereocenters. The maximum atomic E-state index is 11.2. The van der Waals surface area contributed by atoms with Crippen LogP contribution in [0.5, 0.6) is 0 Å². The van der Waals surface area contributed by atoms with Crippen LogP contribution in [0.15, 0.2) is 54.6 Å². The normalized spacial score (nSPS) is 20.6. The molecule has 2 heteroatoms. The van der Waals surface area contributed by atoms with Crippen molar-refractivity contribution in [1.82, 2.24) is 0 Å². The third kappa shape index (κ3) is 1.61. The van der Waals surface area contributed by atoms with Crippen LogP contribution in [0.1, 0.15) is 30.0 Å². The number of allylic oxidation sites excluding steroid dienone is 1. The molecule has 20 heavy (non-hydrogen) atoms. The van der Waals surface area contributed by atoms with Crippen LogP contribution < -0.4 is 0 Å². The number of fused-ring (bicyclic) bond motifs is 1. The fraction of sp³-hybridized carbons (Fsp3) is 0.167. The zero-order valence-corrected chi connectivity index (χ0v) is 11.3. The molecule has 3 rings (SSSR count). The molecule has 0 fully saturated rings. The van der Waals surface area contributed by atoms with Gasteiger partial charge in [-0.3, -0.25) is 0 Å². The summed E-state index contributed by atoms with van der Waals surface area (Å²) in [6.07, 6.45) is 0.541. The first-order valence-electron chi connectivity index (χ1n) is 6.75. The van der Waals surface area contributed by atoms with Crippen LogP contribution in [0.2, 0.25) is 0 Å². The lowest BCUT2D eigenvalue weighted by Crippen LogP contribution is -2.24. The topological polar surface area (TPSA) is 44.0 Å². The van der Waals surface area contributed by atoms with Gasteiger partial charge in [0, 0.05) is 5.57 Å².